The van der Waals surface area contributed by atoms with Crippen LogP contribution in [0.15, 0.2) is 12.2 Å². The highest BCUT2D eigenvalue weighted by atomic mass is 16.6. The van der Waals surface area contributed by atoms with Crippen molar-refractivity contribution in [2.45, 2.75) is 142 Å². The molecule has 6 heteroatoms. The molecule has 218 valence electrons. The summed E-state index contributed by atoms with van der Waals surface area (Å²) >= 11 is 0. The van der Waals surface area contributed by atoms with Crippen LogP contribution >= 0.6 is 0 Å². The topological polar surface area (TPSA) is 77.7 Å². The average Bonchev–Trinajstić information content (AvgIpc) is 3.69. The molecule has 9 atom stereocenters. The van der Waals surface area contributed by atoms with Gasteiger partial charge in [0.15, 0.2) is 0 Å². The van der Waals surface area contributed by atoms with Crippen LogP contribution in [-0.2, 0) is 28.5 Å². The number of methoxy groups -OCH3 is 1. The standard InChI is InChI=1S/C33H50O6/c1-21(34)37-24-11-12-28(6)22(27(24,4)5)10-13-30(8)33(28,39-30)19-18-32-23-20-26(2,3)14-16-31(23,25(35)36-9)17-15-29(32,7)38-32/h18-19,22-24H,10-17,20H2,1-9H3/b19-18+/t22?,23-,24+,28+,29+,30-,31+,32-,33+/m1/s1. The molecule has 6 nitrogen and oxygen atoms in total. The zero-order valence-corrected chi connectivity index (χ0v) is 25.7. The van der Waals surface area contributed by atoms with Crippen molar-refractivity contribution in [1.29, 1.82) is 0 Å². The smallest absolute Gasteiger partial charge is 0.312 e. The van der Waals surface area contributed by atoms with Gasteiger partial charge in [0, 0.05) is 23.7 Å². The van der Waals surface area contributed by atoms with Crippen molar-refractivity contribution in [1.82, 2.24) is 0 Å². The first-order chi connectivity index (χ1) is 18.0. The molecular formula is C33H50O6. The number of hydrogen-bond donors (Lipinski definition) is 0. The lowest BCUT2D eigenvalue weighted by atomic mass is 9.45. The summed E-state index contributed by atoms with van der Waals surface area (Å²) in [6, 6.07) is 0. The number of epoxide rings is 2. The SMILES string of the molecule is COC(=O)[C@]12CCC(C)(C)C[C@H]1[C@@]1(/C=C/[C@@]34O[C@]3(C)CCC3C(C)(C)[C@@H](OC(C)=O)CC[C@@]34C)O[C@@]1(C)CC2. The normalized spacial score (nSPS) is 52.5. The van der Waals surface area contributed by atoms with Crippen LogP contribution in [0, 0.1) is 33.5 Å². The van der Waals surface area contributed by atoms with E-state index in [1.54, 1.807) is 0 Å². The van der Waals surface area contributed by atoms with Crippen molar-refractivity contribution >= 4 is 11.9 Å². The molecule has 4 saturated carbocycles. The Kier molecular flexibility index (Phi) is 5.63. The third kappa shape index (κ3) is 3.40. The lowest BCUT2D eigenvalue weighted by molar-refractivity contribution is -0.174. The van der Waals surface area contributed by atoms with Crippen LogP contribution in [0.2, 0.25) is 0 Å². The maximum atomic E-state index is 13.4. The highest BCUT2D eigenvalue weighted by Crippen LogP contribution is 2.75. The molecule has 4 aliphatic carbocycles. The Balaban J connectivity index is 1.38. The van der Waals surface area contributed by atoms with Crippen LogP contribution in [0.25, 0.3) is 0 Å². The number of carbonyl (C=O) groups is 2. The molecule has 6 aliphatic rings. The van der Waals surface area contributed by atoms with E-state index in [1.807, 2.05) is 0 Å². The lowest BCUT2D eigenvalue weighted by Crippen LogP contribution is -2.60. The summed E-state index contributed by atoms with van der Waals surface area (Å²) < 4.78 is 25.0. The van der Waals surface area contributed by atoms with Gasteiger partial charge in [0.05, 0.1) is 23.7 Å². The molecule has 6 rings (SSSR count). The van der Waals surface area contributed by atoms with Gasteiger partial charge in [-0.05, 0) is 83.0 Å². The zero-order valence-electron chi connectivity index (χ0n) is 25.7. The molecule has 0 bridgehead atoms. The van der Waals surface area contributed by atoms with E-state index in [9.17, 15) is 9.59 Å². The van der Waals surface area contributed by atoms with Gasteiger partial charge in [0.2, 0.25) is 0 Å². The largest absolute Gasteiger partial charge is 0.469 e. The van der Waals surface area contributed by atoms with Gasteiger partial charge in [0.25, 0.3) is 0 Å². The molecule has 1 unspecified atom stereocenters. The van der Waals surface area contributed by atoms with E-state index in [-0.39, 0.29) is 51.4 Å². The van der Waals surface area contributed by atoms with Gasteiger partial charge < -0.3 is 18.9 Å². The molecule has 0 N–H and O–H groups in total. The van der Waals surface area contributed by atoms with Crippen molar-refractivity contribution < 1.29 is 28.5 Å². The molecule has 0 aromatic carbocycles. The molecule has 0 spiro atoms. The summed E-state index contributed by atoms with van der Waals surface area (Å²) in [5.74, 6) is 0.192. The van der Waals surface area contributed by atoms with Crippen LogP contribution in [0.5, 0.6) is 0 Å². The first-order valence-corrected chi connectivity index (χ1v) is 15.3. The molecule has 0 amide bonds. The summed E-state index contributed by atoms with van der Waals surface area (Å²) in [7, 11) is 1.54. The Morgan fingerprint density at radius 2 is 1.49 bits per heavy atom. The molecular weight excluding hydrogens is 492 g/mol. The van der Waals surface area contributed by atoms with Crippen molar-refractivity contribution in [3.8, 4) is 0 Å². The van der Waals surface area contributed by atoms with E-state index in [2.05, 4.69) is 60.6 Å². The van der Waals surface area contributed by atoms with Crippen LogP contribution in [0.1, 0.15) is 113 Å². The maximum Gasteiger partial charge on any atom is 0.312 e. The van der Waals surface area contributed by atoms with E-state index in [0.29, 0.717) is 5.92 Å². The Bertz CT molecular complexity index is 1130. The molecule has 2 aliphatic heterocycles. The Morgan fingerprint density at radius 3 is 2.15 bits per heavy atom. The second-order valence-corrected chi connectivity index (χ2v) is 16.1. The monoisotopic (exact) mass is 542 g/mol. The van der Waals surface area contributed by atoms with E-state index in [4.69, 9.17) is 18.9 Å². The summed E-state index contributed by atoms with van der Waals surface area (Å²) in [4.78, 5) is 25.4. The molecule has 0 aromatic heterocycles. The minimum atomic E-state index is -0.487. The summed E-state index contributed by atoms with van der Waals surface area (Å²) in [5, 5.41) is 0. The molecule has 2 heterocycles. The number of rotatable bonds is 4. The highest BCUT2D eigenvalue weighted by molar-refractivity contribution is 5.78. The summed E-state index contributed by atoms with van der Waals surface area (Å²) in [6.07, 6.45) is 13.0. The summed E-state index contributed by atoms with van der Waals surface area (Å²) in [5.41, 5.74) is -1.91. The second-order valence-electron chi connectivity index (χ2n) is 16.1. The van der Waals surface area contributed by atoms with Gasteiger partial charge in [-0.25, -0.2) is 0 Å². The maximum absolute atomic E-state index is 13.4. The number of ether oxygens (including phenoxy) is 4. The molecule has 39 heavy (non-hydrogen) atoms. The van der Waals surface area contributed by atoms with Crippen LogP contribution in [-0.4, -0.2) is 47.6 Å². The molecule has 0 aromatic rings. The van der Waals surface area contributed by atoms with Crippen LogP contribution in [0.4, 0.5) is 0 Å². The third-order valence-electron chi connectivity index (χ3n) is 13.2. The summed E-state index contributed by atoms with van der Waals surface area (Å²) in [6.45, 7) is 17.7. The fourth-order valence-electron chi connectivity index (χ4n) is 10.7. The van der Waals surface area contributed by atoms with E-state index in [1.165, 1.54) is 14.0 Å². The minimum absolute atomic E-state index is 0.0609. The van der Waals surface area contributed by atoms with Gasteiger partial charge >= 0.3 is 11.9 Å². The second kappa shape index (κ2) is 7.91. The first-order valence-electron chi connectivity index (χ1n) is 15.3. The minimum Gasteiger partial charge on any atom is -0.469 e. The number of esters is 2. The first kappa shape index (κ1) is 27.8. The van der Waals surface area contributed by atoms with Crippen molar-refractivity contribution in [2.75, 3.05) is 7.11 Å². The Labute approximate surface area is 234 Å². The predicted octanol–water partition coefficient (Wildman–Crippen LogP) is 6.55. The molecule has 0 radical (unpaired) electrons. The van der Waals surface area contributed by atoms with E-state index < -0.39 is 16.6 Å². The Hall–Kier alpha value is -1.40. The van der Waals surface area contributed by atoms with Gasteiger partial charge in [-0.3, -0.25) is 9.59 Å². The highest BCUT2D eigenvalue weighted by Gasteiger charge is 2.81. The fraction of sp³-hybridized carbons (Fsp3) is 0.879. The zero-order chi connectivity index (χ0) is 28.5. The van der Waals surface area contributed by atoms with Gasteiger partial charge in [0.1, 0.15) is 17.3 Å². The van der Waals surface area contributed by atoms with Gasteiger partial charge in [-0.15, -0.1) is 0 Å². The number of fused-ring (bicyclic) bond motifs is 6. The van der Waals surface area contributed by atoms with Crippen LogP contribution in [0.3, 0.4) is 0 Å². The van der Waals surface area contributed by atoms with E-state index >= 15 is 0 Å². The van der Waals surface area contributed by atoms with E-state index in [0.717, 1.165) is 57.8 Å². The predicted molar refractivity (Wildman–Crippen MR) is 148 cm³/mol. The van der Waals surface area contributed by atoms with Crippen molar-refractivity contribution in [3.05, 3.63) is 12.2 Å². The number of hydrogen-bond acceptors (Lipinski definition) is 6. The van der Waals surface area contributed by atoms with Crippen molar-refractivity contribution in [2.24, 2.45) is 33.5 Å². The van der Waals surface area contributed by atoms with Crippen molar-refractivity contribution in [3.63, 3.8) is 0 Å². The molecule has 2 saturated heterocycles. The fourth-order valence-corrected chi connectivity index (χ4v) is 10.7. The average molecular weight is 543 g/mol. The number of carbonyl (C=O) groups excluding carboxylic acids is 2. The lowest BCUT2D eigenvalue weighted by Gasteiger charge is -2.58. The quantitative estimate of drug-likeness (QED) is 0.228. The van der Waals surface area contributed by atoms with Crippen LogP contribution < -0.4 is 0 Å². The molecule has 6 fully saturated rings. The van der Waals surface area contributed by atoms with Gasteiger partial charge in [-0.1, -0.05) is 46.8 Å². The third-order valence-corrected chi connectivity index (χ3v) is 13.2. The Morgan fingerprint density at radius 1 is 0.795 bits per heavy atom. The van der Waals surface area contributed by atoms with Gasteiger partial charge in [-0.2, -0.15) is 0 Å².